The van der Waals surface area contributed by atoms with Gasteiger partial charge in [-0.15, -0.1) is 0 Å². The van der Waals surface area contributed by atoms with Crippen LogP contribution >= 0.6 is 20.2 Å². The van der Waals surface area contributed by atoms with Crippen molar-refractivity contribution in [2.24, 2.45) is 0 Å². The maximum atomic E-state index is 13.4. The molecule has 5 heteroatoms. The predicted molar refractivity (Wildman–Crippen MR) is 155 cm³/mol. The summed E-state index contributed by atoms with van der Waals surface area (Å²) in [6.45, 7) is 15.2. The van der Waals surface area contributed by atoms with E-state index in [1.165, 1.54) is 11.1 Å². The molecule has 0 saturated carbocycles. The van der Waals surface area contributed by atoms with Crippen LogP contribution in [0.1, 0.15) is 78.0 Å². The van der Waals surface area contributed by atoms with E-state index in [4.69, 9.17) is 2.51 Å². The zero-order valence-electron chi connectivity index (χ0n) is 22.1. The monoisotopic (exact) mass is 606 g/mol. The van der Waals surface area contributed by atoms with Gasteiger partial charge in [0.25, 0.3) is 0 Å². The summed E-state index contributed by atoms with van der Waals surface area (Å²) in [5.41, 5.74) is 3.63. The van der Waals surface area contributed by atoms with Crippen LogP contribution in [0.15, 0.2) is 77.7 Å². The Morgan fingerprint density at radius 2 is 1.11 bits per heavy atom. The van der Waals surface area contributed by atoms with Crippen molar-refractivity contribution in [3.05, 3.63) is 96.6 Å². The van der Waals surface area contributed by atoms with Gasteiger partial charge in [0.15, 0.2) is 0 Å². The van der Waals surface area contributed by atoms with Crippen LogP contribution in [0.3, 0.4) is 0 Å². The summed E-state index contributed by atoms with van der Waals surface area (Å²) in [6.07, 6.45) is 3.16. The Balaban J connectivity index is 1.98. The Morgan fingerprint density at radius 3 is 1.49 bits per heavy atom. The van der Waals surface area contributed by atoms with Gasteiger partial charge in [0, 0.05) is 0 Å². The number of rotatable bonds is 8. The van der Waals surface area contributed by atoms with Gasteiger partial charge < -0.3 is 0 Å². The molecular formula is C30H39IO3S. The predicted octanol–water partition coefficient (Wildman–Crippen LogP) is 8.49. The first-order chi connectivity index (χ1) is 16.3. The number of unbranched alkanes of at least 4 members (excludes halogenated alkanes) is 1. The molecule has 0 amide bonds. The van der Waals surface area contributed by atoms with Crippen molar-refractivity contribution >= 4 is 30.4 Å². The normalized spacial score (nSPS) is 13.1. The summed E-state index contributed by atoms with van der Waals surface area (Å²) in [5.74, 6) is 0. The number of hydrogen-bond acceptors (Lipinski definition) is 3. The Morgan fingerprint density at radius 1 is 0.686 bits per heavy atom. The number of benzene rings is 3. The second-order valence-corrected chi connectivity index (χ2v) is 17.5. The summed E-state index contributed by atoms with van der Waals surface area (Å²) in [4.78, 5) is 0.220. The SMILES string of the molecule is CCCCc1ccc(S(=O)(=O)OI(c2ccc(C(C)(C)C)cc2)c2ccc(C(C)(C)C)cc2)cc1. The minimum absolute atomic E-state index is 0.0262. The van der Waals surface area contributed by atoms with Crippen LogP contribution in [0.25, 0.3) is 0 Å². The molecule has 0 unspecified atom stereocenters. The fourth-order valence-corrected chi connectivity index (χ4v) is 10.5. The van der Waals surface area contributed by atoms with Gasteiger partial charge in [-0.1, -0.05) is 0 Å². The maximum absolute atomic E-state index is 13.4. The van der Waals surface area contributed by atoms with Gasteiger partial charge in [0.1, 0.15) is 0 Å². The van der Waals surface area contributed by atoms with E-state index in [0.717, 1.165) is 32.0 Å². The van der Waals surface area contributed by atoms with Gasteiger partial charge in [-0.25, -0.2) is 0 Å². The minimum atomic E-state index is -3.90. The molecule has 0 aromatic heterocycles. The van der Waals surface area contributed by atoms with E-state index in [9.17, 15) is 8.42 Å². The van der Waals surface area contributed by atoms with Crippen LogP contribution < -0.4 is 0 Å². The van der Waals surface area contributed by atoms with E-state index in [1.54, 1.807) is 12.1 Å². The third kappa shape index (κ3) is 7.40. The first kappa shape index (κ1) is 27.9. The third-order valence-electron chi connectivity index (χ3n) is 5.99. The third-order valence-corrected chi connectivity index (χ3v) is 13.3. The van der Waals surface area contributed by atoms with E-state index in [0.29, 0.717) is 0 Å². The fraction of sp³-hybridized carbons (Fsp3) is 0.400. The molecule has 3 aromatic rings. The quantitative estimate of drug-likeness (QED) is 0.242. The van der Waals surface area contributed by atoms with Gasteiger partial charge in [-0.3, -0.25) is 0 Å². The van der Waals surface area contributed by atoms with E-state index in [1.807, 2.05) is 36.4 Å². The summed E-state index contributed by atoms with van der Waals surface area (Å²) in [5, 5.41) is 0. The fourth-order valence-electron chi connectivity index (χ4n) is 3.65. The van der Waals surface area contributed by atoms with Crippen molar-refractivity contribution in [2.45, 2.75) is 83.5 Å². The number of aryl methyl sites for hydroxylation is 1. The topological polar surface area (TPSA) is 43.4 Å². The van der Waals surface area contributed by atoms with E-state index >= 15 is 0 Å². The molecule has 0 aliphatic heterocycles. The van der Waals surface area contributed by atoms with Crippen LogP contribution in [0, 0.1) is 7.14 Å². The van der Waals surface area contributed by atoms with Crippen LogP contribution in [0.5, 0.6) is 0 Å². The van der Waals surface area contributed by atoms with E-state index in [2.05, 4.69) is 72.7 Å². The van der Waals surface area contributed by atoms with Crippen LogP contribution in [-0.4, -0.2) is 8.42 Å². The molecule has 35 heavy (non-hydrogen) atoms. The zero-order valence-corrected chi connectivity index (χ0v) is 25.0. The molecule has 0 N–H and O–H groups in total. The Bertz CT molecular complexity index is 1140. The van der Waals surface area contributed by atoms with Gasteiger partial charge >= 0.3 is 221 Å². The molecule has 0 radical (unpaired) electrons. The van der Waals surface area contributed by atoms with Crippen molar-refractivity contribution in [1.29, 1.82) is 0 Å². The molecule has 0 aliphatic carbocycles. The first-order valence-corrected chi connectivity index (χ1v) is 16.7. The number of hydrogen-bond donors (Lipinski definition) is 0. The molecule has 190 valence electrons. The Hall–Kier alpha value is -1.70. The Labute approximate surface area is 220 Å². The second kappa shape index (κ2) is 11.1. The van der Waals surface area contributed by atoms with E-state index < -0.39 is 30.4 Å². The van der Waals surface area contributed by atoms with Gasteiger partial charge in [0.2, 0.25) is 0 Å². The molecule has 3 rings (SSSR count). The average molecular weight is 607 g/mol. The molecule has 0 bridgehead atoms. The van der Waals surface area contributed by atoms with E-state index in [-0.39, 0.29) is 15.7 Å². The molecule has 0 atom stereocenters. The summed E-state index contributed by atoms with van der Waals surface area (Å²) in [6, 6.07) is 23.8. The molecule has 0 saturated heterocycles. The molecule has 3 aromatic carbocycles. The summed E-state index contributed by atoms with van der Waals surface area (Å²) >= 11 is -2.74. The van der Waals surface area contributed by atoms with Crippen molar-refractivity contribution in [1.82, 2.24) is 0 Å². The van der Waals surface area contributed by atoms with Crippen LogP contribution in [-0.2, 0) is 29.9 Å². The molecule has 3 nitrogen and oxygen atoms in total. The van der Waals surface area contributed by atoms with Crippen LogP contribution in [0.2, 0.25) is 0 Å². The second-order valence-electron chi connectivity index (χ2n) is 11.0. The standard InChI is InChI=1S/C30H39IO3S/c1-8-9-10-23-11-21-28(22-12-23)35(32,33)34-31(26-17-13-24(14-18-26)29(2,3)4)27-19-15-25(16-20-27)30(5,6)7/h11-22H,8-10H2,1-7H3. The average Bonchev–Trinajstić information content (AvgIpc) is 2.80. The van der Waals surface area contributed by atoms with Crippen molar-refractivity contribution in [3.63, 3.8) is 0 Å². The van der Waals surface area contributed by atoms with Crippen molar-refractivity contribution in [3.8, 4) is 0 Å². The molecule has 0 fully saturated rings. The number of halogens is 1. The molecule has 0 spiro atoms. The van der Waals surface area contributed by atoms with Gasteiger partial charge in [-0.05, 0) is 0 Å². The van der Waals surface area contributed by atoms with Gasteiger partial charge in [-0.2, -0.15) is 0 Å². The van der Waals surface area contributed by atoms with Crippen molar-refractivity contribution < 1.29 is 10.9 Å². The molecule has 0 aliphatic rings. The summed E-state index contributed by atoms with van der Waals surface area (Å²) < 4.78 is 34.8. The van der Waals surface area contributed by atoms with Crippen LogP contribution in [0.4, 0.5) is 0 Å². The summed E-state index contributed by atoms with van der Waals surface area (Å²) in [7, 11) is -3.90. The Kier molecular flexibility index (Phi) is 8.87. The van der Waals surface area contributed by atoms with Gasteiger partial charge in [0.05, 0.1) is 0 Å². The zero-order chi connectivity index (χ0) is 25.9. The molecule has 0 heterocycles. The first-order valence-electron chi connectivity index (χ1n) is 12.3. The molecular weight excluding hydrogens is 567 g/mol. The van der Waals surface area contributed by atoms with Crippen molar-refractivity contribution in [2.75, 3.05) is 0 Å².